The predicted octanol–water partition coefficient (Wildman–Crippen LogP) is 2.14. The number of carbonyl (C=O) groups is 2. The molecule has 0 unspecified atom stereocenters. The van der Waals surface area contributed by atoms with E-state index < -0.39 is 46.9 Å². The molecule has 7 nitrogen and oxygen atoms in total. The SMILES string of the molecule is COC(=O)C1=C[C@H](O)[C@H](O)[C@@H]2[C@@]3(C)C[C@@H](c4ccoc4)OC(=O)[C@@H]3CC[C@@]12C. The van der Waals surface area contributed by atoms with E-state index in [9.17, 15) is 19.8 Å². The maximum Gasteiger partial charge on any atom is 0.334 e. The highest BCUT2D eigenvalue weighted by Crippen LogP contribution is 2.64. The first kappa shape index (κ1) is 19.2. The van der Waals surface area contributed by atoms with E-state index >= 15 is 0 Å². The molecule has 0 aromatic carbocycles. The van der Waals surface area contributed by atoms with Crippen LogP contribution in [0.4, 0.5) is 0 Å². The number of rotatable bonds is 2. The standard InChI is InChI=1S/C21H26O7/c1-20-6-4-12-19(25)28-15(11-5-7-27-10-11)9-21(12,2)17(20)16(23)14(22)8-13(20)18(24)26-3/h5,7-8,10,12,14-17,22-23H,4,6,9H2,1-3H3/t12-,14-,15-,16-,17-,20-,21-/m0/s1. The van der Waals surface area contributed by atoms with Gasteiger partial charge in [0, 0.05) is 22.5 Å². The molecule has 1 aliphatic heterocycles. The van der Waals surface area contributed by atoms with Crippen LogP contribution in [-0.2, 0) is 19.1 Å². The third-order valence-electron chi connectivity index (χ3n) is 7.28. The van der Waals surface area contributed by atoms with Crippen LogP contribution in [-0.4, -0.2) is 41.5 Å². The molecule has 3 aliphatic rings. The van der Waals surface area contributed by atoms with Crippen LogP contribution in [0.1, 0.15) is 44.8 Å². The second kappa shape index (κ2) is 6.46. The van der Waals surface area contributed by atoms with Gasteiger partial charge in [-0.25, -0.2) is 4.79 Å². The third kappa shape index (κ3) is 2.56. The zero-order chi connectivity index (χ0) is 20.3. The number of cyclic esters (lactones) is 1. The molecule has 0 radical (unpaired) electrons. The highest BCUT2D eigenvalue weighted by molar-refractivity contribution is 5.90. The quantitative estimate of drug-likeness (QED) is 0.745. The van der Waals surface area contributed by atoms with Gasteiger partial charge in [-0.3, -0.25) is 4.79 Å². The highest BCUT2D eigenvalue weighted by atomic mass is 16.5. The van der Waals surface area contributed by atoms with Gasteiger partial charge in [-0.15, -0.1) is 0 Å². The molecule has 2 N–H and O–H groups in total. The van der Waals surface area contributed by atoms with Crippen molar-refractivity contribution in [3.8, 4) is 0 Å². The van der Waals surface area contributed by atoms with Gasteiger partial charge in [0.2, 0.25) is 0 Å². The molecule has 4 rings (SSSR count). The molecule has 1 aromatic rings. The van der Waals surface area contributed by atoms with E-state index in [-0.39, 0.29) is 5.97 Å². The van der Waals surface area contributed by atoms with E-state index in [0.717, 1.165) is 5.56 Å². The minimum absolute atomic E-state index is 0.308. The fraction of sp³-hybridized carbons (Fsp3) is 0.619. The zero-order valence-electron chi connectivity index (χ0n) is 16.3. The maximum atomic E-state index is 12.9. The smallest absolute Gasteiger partial charge is 0.334 e. The Morgan fingerprint density at radius 3 is 2.71 bits per heavy atom. The van der Waals surface area contributed by atoms with Crippen LogP contribution in [0.3, 0.4) is 0 Å². The summed E-state index contributed by atoms with van der Waals surface area (Å²) in [7, 11) is 1.30. The number of methoxy groups -OCH3 is 1. The van der Waals surface area contributed by atoms with E-state index in [1.807, 2.05) is 13.8 Å². The highest BCUT2D eigenvalue weighted by Gasteiger charge is 2.65. The van der Waals surface area contributed by atoms with Crippen molar-refractivity contribution in [3.63, 3.8) is 0 Å². The van der Waals surface area contributed by atoms with Crippen molar-refractivity contribution in [2.75, 3.05) is 7.11 Å². The van der Waals surface area contributed by atoms with Gasteiger partial charge in [-0.2, -0.15) is 0 Å². The summed E-state index contributed by atoms with van der Waals surface area (Å²) in [4.78, 5) is 25.3. The number of carbonyl (C=O) groups excluding carboxylic acids is 2. The summed E-state index contributed by atoms with van der Waals surface area (Å²) in [5, 5.41) is 21.5. The molecule has 1 saturated heterocycles. The lowest BCUT2D eigenvalue weighted by Crippen LogP contribution is -2.62. The van der Waals surface area contributed by atoms with Crippen LogP contribution in [0, 0.1) is 22.7 Å². The van der Waals surface area contributed by atoms with Crippen LogP contribution in [0.5, 0.6) is 0 Å². The molecule has 28 heavy (non-hydrogen) atoms. The number of hydrogen-bond acceptors (Lipinski definition) is 7. The van der Waals surface area contributed by atoms with Crippen molar-refractivity contribution in [1.82, 2.24) is 0 Å². The summed E-state index contributed by atoms with van der Waals surface area (Å²) in [5.74, 6) is -1.73. The number of furan rings is 1. The lowest BCUT2D eigenvalue weighted by atomic mass is 9.44. The number of ether oxygens (including phenoxy) is 2. The molecular weight excluding hydrogens is 364 g/mol. The van der Waals surface area contributed by atoms with Gasteiger partial charge in [0.05, 0.1) is 37.8 Å². The van der Waals surface area contributed by atoms with E-state index in [1.165, 1.54) is 19.4 Å². The number of aliphatic hydroxyl groups is 2. The van der Waals surface area contributed by atoms with Gasteiger partial charge in [0.15, 0.2) is 0 Å². The molecule has 2 heterocycles. The Hall–Kier alpha value is -2.12. The lowest BCUT2D eigenvalue weighted by molar-refractivity contribution is -0.206. The van der Waals surface area contributed by atoms with Gasteiger partial charge in [0.25, 0.3) is 0 Å². The Morgan fingerprint density at radius 1 is 1.32 bits per heavy atom. The van der Waals surface area contributed by atoms with Crippen LogP contribution >= 0.6 is 0 Å². The first-order valence-electron chi connectivity index (χ1n) is 9.61. The van der Waals surface area contributed by atoms with E-state index in [1.54, 1.807) is 12.3 Å². The van der Waals surface area contributed by atoms with Gasteiger partial charge in [0.1, 0.15) is 6.10 Å². The third-order valence-corrected chi connectivity index (χ3v) is 7.28. The second-order valence-corrected chi connectivity index (χ2v) is 8.73. The van der Waals surface area contributed by atoms with Crippen molar-refractivity contribution in [1.29, 1.82) is 0 Å². The van der Waals surface area contributed by atoms with Crippen molar-refractivity contribution in [3.05, 3.63) is 35.8 Å². The maximum absolute atomic E-state index is 12.9. The molecule has 0 amide bonds. The minimum Gasteiger partial charge on any atom is -0.472 e. The first-order valence-corrected chi connectivity index (χ1v) is 9.61. The molecule has 1 aromatic heterocycles. The molecule has 0 bridgehead atoms. The fourth-order valence-electron chi connectivity index (χ4n) is 5.98. The number of hydrogen-bond donors (Lipinski definition) is 2. The molecule has 0 spiro atoms. The van der Waals surface area contributed by atoms with Crippen LogP contribution in [0.25, 0.3) is 0 Å². The van der Waals surface area contributed by atoms with E-state index in [4.69, 9.17) is 13.9 Å². The molecule has 7 heteroatoms. The van der Waals surface area contributed by atoms with Gasteiger partial charge in [-0.1, -0.05) is 13.8 Å². The average molecular weight is 390 g/mol. The Balaban J connectivity index is 1.80. The topological polar surface area (TPSA) is 106 Å². The monoisotopic (exact) mass is 390 g/mol. The fourth-order valence-corrected chi connectivity index (χ4v) is 5.98. The lowest BCUT2D eigenvalue weighted by Gasteiger charge is -2.61. The van der Waals surface area contributed by atoms with Gasteiger partial charge in [-0.05, 0) is 36.8 Å². The Kier molecular flexibility index (Phi) is 4.43. The van der Waals surface area contributed by atoms with Crippen LogP contribution < -0.4 is 0 Å². The molecular formula is C21H26O7. The van der Waals surface area contributed by atoms with Crippen molar-refractivity contribution in [2.45, 2.75) is 51.4 Å². The number of esters is 2. The predicted molar refractivity (Wildman–Crippen MR) is 96.7 cm³/mol. The minimum atomic E-state index is -1.20. The zero-order valence-corrected chi connectivity index (χ0v) is 16.3. The summed E-state index contributed by atoms with van der Waals surface area (Å²) in [5.41, 5.74) is -0.250. The summed E-state index contributed by atoms with van der Waals surface area (Å²) in [6.45, 7) is 3.88. The number of aliphatic hydroxyl groups excluding tert-OH is 2. The summed E-state index contributed by atoms with van der Waals surface area (Å²) in [6.07, 6.45) is 3.23. The van der Waals surface area contributed by atoms with Crippen LogP contribution in [0.15, 0.2) is 34.7 Å². The Bertz CT molecular complexity index is 813. The van der Waals surface area contributed by atoms with Gasteiger partial charge >= 0.3 is 11.9 Å². The normalized spacial score (nSPS) is 42.7. The number of fused-ring (bicyclic) bond motifs is 3. The summed E-state index contributed by atoms with van der Waals surface area (Å²) < 4.78 is 15.8. The average Bonchev–Trinajstić information content (AvgIpc) is 3.18. The summed E-state index contributed by atoms with van der Waals surface area (Å²) >= 11 is 0. The van der Waals surface area contributed by atoms with Crippen molar-refractivity contribution >= 4 is 11.9 Å². The van der Waals surface area contributed by atoms with Crippen molar-refractivity contribution < 1.29 is 33.7 Å². The van der Waals surface area contributed by atoms with E-state index in [0.29, 0.717) is 24.8 Å². The Morgan fingerprint density at radius 2 is 2.07 bits per heavy atom. The Labute approximate surface area is 163 Å². The molecule has 1 saturated carbocycles. The molecule has 2 fully saturated rings. The molecule has 152 valence electrons. The first-order chi connectivity index (χ1) is 13.2. The van der Waals surface area contributed by atoms with Crippen LogP contribution in [0.2, 0.25) is 0 Å². The van der Waals surface area contributed by atoms with E-state index in [2.05, 4.69) is 0 Å². The van der Waals surface area contributed by atoms with Gasteiger partial charge < -0.3 is 24.1 Å². The largest absolute Gasteiger partial charge is 0.472 e. The molecule has 7 atom stereocenters. The second-order valence-electron chi connectivity index (χ2n) is 8.73. The summed E-state index contributed by atoms with van der Waals surface area (Å²) in [6, 6.07) is 1.76. The molecule has 2 aliphatic carbocycles. The van der Waals surface area contributed by atoms with Crippen molar-refractivity contribution in [2.24, 2.45) is 22.7 Å².